The van der Waals surface area contributed by atoms with Crippen molar-refractivity contribution in [1.29, 1.82) is 0 Å². The standard InChI is InChI=1S/C16H23N3S/c1-12-4-6-13(7-5-12)19-14(17)18-10-16(19)11-20-9-8-15(16,2)3/h4-7H,8-11H2,1-3H3,(H2,17,18). The molecule has 2 aliphatic rings. The Kier molecular flexibility index (Phi) is 3.24. The van der Waals surface area contributed by atoms with Crippen molar-refractivity contribution in [3.63, 3.8) is 0 Å². The van der Waals surface area contributed by atoms with Crippen molar-refractivity contribution in [3.05, 3.63) is 29.8 Å². The van der Waals surface area contributed by atoms with E-state index in [0.29, 0.717) is 5.96 Å². The molecule has 4 heteroatoms. The molecule has 0 radical (unpaired) electrons. The molecule has 2 heterocycles. The van der Waals surface area contributed by atoms with Gasteiger partial charge in [-0.15, -0.1) is 0 Å². The van der Waals surface area contributed by atoms with Crippen molar-refractivity contribution in [1.82, 2.24) is 0 Å². The number of guanidine groups is 1. The molecule has 1 saturated heterocycles. The second kappa shape index (κ2) is 4.69. The van der Waals surface area contributed by atoms with E-state index in [2.05, 4.69) is 54.9 Å². The van der Waals surface area contributed by atoms with E-state index in [1.54, 1.807) is 0 Å². The van der Waals surface area contributed by atoms with Crippen LogP contribution in [0, 0.1) is 12.3 Å². The van der Waals surface area contributed by atoms with Gasteiger partial charge in [0, 0.05) is 11.4 Å². The van der Waals surface area contributed by atoms with Crippen LogP contribution >= 0.6 is 11.8 Å². The minimum Gasteiger partial charge on any atom is -0.369 e. The lowest BCUT2D eigenvalue weighted by Crippen LogP contribution is -2.63. The number of aryl methyl sites for hydroxylation is 1. The molecule has 3 rings (SSSR count). The maximum Gasteiger partial charge on any atom is 0.196 e. The van der Waals surface area contributed by atoms with Crippen LogP contribution in [0.5, 0.6) is 0 Å². The number of thioether (sulfide) groups is 1. The maximum atomic E-state index is 6.24. The molecule has 0 saturated carbocycles. The van der Waals surface area contributed by atoms with Gasteiger partial charge in [0.1, 0.15) is 0 Å². The third-order valence-corrected chi connectivity index (χ3v) is 6.10. The molecule has 0 bridgehead atoms. The number of benzene rings is 1. The molecule has 1 atom stereocenters. The molecule has 1 aromatic carbocycles. The molecule has 1 aromatic rings. The lowest BCUT2D eigenvalue weighted by Gasteiger charge is -2.52. The smallest absolute Gasteiger partial charge is 0.196 e. The Morgan fingerprint density at radius 1 is 1.25 bits per heavy atom. The highest BCUT2D eigenvalue weighted by Gasteiger charge is 2.54. The normalized spacial score (nSPS) is 28.8. The van der Waals surface area contributed by atoms with Gasteiger partial charge in [0.15, 0.2) is 5.96 Å². The molecule has 2 N–H and O–H groups in total. The monoisotopic (exact) mass is 289 g/mol. The zero-order chi connectivity index (χ0) is 14.4. The second-order valence-electron chi connectivity index (χ2n) is 6.56. The van der Waals surface area contributed by atoms with Gasteiger partial charge in [-0.05, 0) is 36.6 Å². The van der Waals surface area contributed by atoms with Crippen LogP contribution in [0.2, 0.25) is 0 Å². The number of rotatable bonds is 1. The molecule has 108 valence electrons. The van der Waals surface area contributed by atoms with Gasteiger partial charge in [-0.25, -0.2) is 0 Å². The number of anilines is 1. The quantitative estimate of drug-likeness (QED) is 0.864. The van der Waals surface area contributed by atoms with Crippen LogP contribution in [-0.2, 0) is 0 Å². The van der Waals surface area contributed by atoms with Crippen molar-refractivity contribution < 1.29 is 0 Å². The van der Waals surface area contributed by atoms with Gasteiger partial charge in [-0.1, -0.05) is 31.5 Å². The van der Waals surface area contributed by atoms with E-state index in [4.69, 9.17) is 5.73 Å². The van der Waals surface area contributed by atoms with Gasteiger partial charge < -0.3 is 10.6 Å². The highest BCUT2D eigenvalue weighted by Crippen LogP contribution is 2.49. The number of hydrogen-bond acceptors (Lipinski definition) is 4. The zero-order valence-corrected chi connectivity index (χ0v) is 13.3. The molecule has 20 heavy (non-hydrogen) atoms. The molecule has 0 aliphatic carbocycles. The molecule has 1 unspecified atom stereocenters. The fourth-order valence-electron chi connectivity index (χ4n) is 3.27. The summed E-state index contributed by atoms with van der Waals surface area (Å²) in [6.45, 7) is 7.65. The first-order valence-electron chi connectivity index (χ1n) is 7.21. The minimum absolute atomic E-state index is 0.0231. The van der Waals surface area contributed by atoms with Crippen LogP contribution in [0.1, 0.15) is 25.8 Å². The van der Waals surface area contributed by atoms with Gasteiger partial charge in [0.25, 0.3) is 0 Å². The topological polar surface area (TPSA) is 41.6 Å². The van der Waals surface area contributed by atoms with E-state index in [-0.39, 0.29) is 11.0 Å². The average molecular weight is 289 g/mol. The molecular formula is C16H23N3S. The number of nitrogens with zero attached hydrogens (tertiary/aromatic N) is 2. The van der Waals surface area contributed by atoms with Crippen molar-refractivity contribution in [2.75, 3.05) is 23.0 Å². The van der Waals surface area contributed by atoms with Crippen molar-refractivity contribution in [2.45, 2.75) is 32.7 Å². The maximum absolute atomic E-state index is 6.24. The molecule has 1 fully saturated rings. The largest absolute Gasteiger partial charge is 0.369 e. The first-order valence-corrected chi connectivity index (χ1v) is 8.36. The lowest BCUT2D eigenvalue weighted by atomic mass is 9.70. The SMILES string of the molecule is Cc1ccc(N2C(N)=NCC23CSCCC3(C)C)cc1. The summed E-state index contributed by atoms with van der Waals surface area (Å²) in [4.78, 5) is 6.89. The Labute approximate surface area is 125 Å². The molecule has 0 amide bonds. The third kappa shape index (κ3) is 1.93. The van der Waals surface area contributed by atoms with Crippen molar-refractivity contribution >= 4 is 23.4 Å². The Bertz CT molecular complexity index is 535. The molecule has 3 nitrogen and oxygen atoms in total. The van der Waals surface area contributed by atoms with E-state index in [9.17, 15) is 0 Å². The first-order chi connectivity index (χ1) is 9.46. The molecule has 2 aliphatic heterocycles. The van der Waals surface area contributed by atoms with Crippen LogP contribution in [-0.4, -0.2) is 29.5 Å². The van der Waals surface area contributed by atoms with Gasteiger partial charge in [-0.3, -0.25) is 4.99 Å². The predicted molar refractivity (Wildman–Crippen MR) is 88.6 cm³/mol. The van der Waals surface area contributed by atoms with Crippen molar-refractivity contribution in [3.8, 4) is 0 Å². The van der Waals surface area contributed by atoms with E-state index in [0.717, 1.165) is 12.3 Å². The van der Waals surface area contributed by atoms with Crippen LogP contribution in [0.3, 0.4) is 0 Å². The Hall–Kier alpha value is -1.16. The van der Waals surface area contributed by atoms with Crippen LogP contribution < -0.4 is 10.6 Å². The third-order valence-electron chi connectivity index (χ3n) is 4.92. The summed E-state index contributed by atoms with van der Waals surface area (Å²) in [5.41, 5.74) is 8.93. The summed E-state index contributed by atoms with van der Waals surface area (Å²) in [6, 6.07) is 8.63. The summed E-state index contributed by atoms with van der Waals surface area (Å²) in [5, 5.41) is 0. The summed E-state index contributed by atoms with van der Waals surface area (Å²) >= 11 is 2.03. The van der Waals surface area contributed by atoms with Gasteiger partial charge in [0.05, 0.1) is 12.1 Å². The molecular weight excluding hydrogens is 266 g/mol. The first kappa shape index (κ1) is 13.8. The van der Waals surface area contributed by atoms with E-state index in [1.165, 1.54) is 23.4 Å². The minimum atomic E-state index is 0.0231. The summed E-state index contributed by atoms with van der Waals surface area (Å²) < 4.78 is 0. The van der Waals surface area contributed by atoms with E-state index in [1.807, 2.05) is 11.8 Å². The van der Waals surface area contributed by atoms with Crippen molar-refractivity contribution in [2.24, 2.45) is 16.1 Å². The highest BCUT2D eigenvalue weighted by atomic mass is 32.2. The fourth-order valence-corrected chi connectivity index (χ4v) is 5.02. The molecule has 1 spiro atoms. The highest BCUT2D eigenvalue weighted by molar-refractivity contribution is 7.99. The van der Waals surface area contributed by atoms with Crippen LogP contribution in [0.25, 0.3) is 0 Å². The van der Waals surface area contributed by atoms with Crippen LogP contribution in [0.15, 0.2) is 29.3 Å². The lowest BCUT2D eigenvalue weighted by molar-refractivity contribution is 0.192. The summed E-state index contributed by atoms with van der Waals surface area (Å²) in [7, 11) is 0. The Morgan fingerprint density at radius 2 is 1.95 bits per heavy atom. The van der Waals surface area contributed by atoms with Crippen LogP contribution in [0.4, 0.5) is 5.69 Å². The van der Waals surface area contributed by atoms with Gasteiger partial charge in [0.2, 0.25) is 0 Å². The summed E-state index contributed by atoms with van der Waals surface area (Å²) in [5.74, 6) is 3.00. The fraction of sp³-hybridized carbons (Fsp3) is 0.562. The van der Waals surface area contributed by atoms with E-state index >= 15 is 0 Å². The summed E-state index contributed by atoms with van der Waals surface area (Å²) in [6.07, 6.45) is 1.21. The number of hydrogen-bond donors (Lipinski definition) is 1. The number of aliphatic imine (C=N–C) groups is 1. The average Bonchev–Trinajstić information content (AvgIpc) is 2.74. The molecule has 0 aromatic heterocycles. The second-order valence-corrected chi connectivity index (χ2v) is 7.67. The van der Waals surface area contributed by atoms with Gasteiger partial charge in [-0.2, -0.15) is 11.8 Å². The zero-order valence-electron chi connectivity index (χ0n) is 12.5. The Morgan fingerprint density at radius 3 is 2.60 bits per heavy atom. The van der Waals surface area contributed by atoms with Gasteiger partial charge >= 0.3 is 0 Å². The van der Waals surface area contributed by atoms with E-state index < -0.39 is 0 Å². The Balaban J connectivity index is 2.05. The predicted octanol–water partition coefficient (Wildman–Crippen LogP) is 3.03. The number of nitrogens with two attached hydrogens (primary N) is 1.